The van der Waals surface area contributed by atoms with E-state index in [1.165, 1.54) is 0 Å². The Labute approximate surface area is 190 Å². The van der Waals surface area contributed by atoms with Crippen molar-refractivity contribution in [3.63, 3.8) is 0 Å². The molecule has 0 aliphatic carbocycles. The second-order valence-corrected chi connectivity index (χ2v) is 10.0. The van der Waals surface area contributed by atoms with Gasteiger partial charge in [0.15, 0.2) is 6.10 Å². The third kappa shape index (κ3) is 6.23. The average Bonchev–Trinajstić information content (AvgIpc) is 2.80. The molecule has 1 amide bonds. The van der Waals surface area contributed by atoms with Gasteiger partial charge in [0, 0.05) is 13.1 Å². The van der Waals surface area contributed by atoms with E-state index in [2.05, 4.69) is 5.32 Å². The van der Waals surface area contributed by atoms with Crippen molar-refractivity contribution in [2.24, 2.45) is 0 Å². The summed E-state index contributed by atoms with van der Waals surface area (Å²) in [7, 11) is -3.45. The van der Waals surface area contributed by atoms with Crippen molar-refractivity contribution in [1.82, 2.24) is 9.62 Å². The molecule has 2 aromatic rings. The van der Waals surface area contributed by atoms with Crippen LogP contribution in [0, 0.1) is 13.8 Å². The van der Waals surface area contributed by atoms with Crippen LogP contribution in [-0.2, 0) is 14.8 Å². The summed E-state index contributed by atoms with van der Waals surface area (Å²) < 4.78 is 38.4. The minimum Gasteiger partial charge on any atom is -0.492 e. The maximum absolute atomic E-state index is 12.7. The molecule has 7 nitrogen and oxygen atoms in total. The predicted octanol–water partition coefficient (Wildman–Crippen LogP) is 3.44. The summed E-state index contributed by atoms with van der Waals surface area (Å²) in [4.78, 5) is 12.6. The smallest absolute Gasteiger partial charge is 0.260 e. The monoisotopic (exact) mass is 460 g/mol. The van der Waals surface area contributed by atoms with E-state index in [1.54, 1.807) is 35.5 Å². The van der Waals surface area contributed by atoms with Gasteiger partial charge in [0.25, 0.3) is 5.91 Å². The molecule has 0 bridgehead atoms. The van der Waals surface area contributed by atoms with Gasteiger partial charge in [0.2, 0.25) is 10.0 Å². The molecule has 1 saturated heterocycles. The number of carbonyl (C=O) groups is 1. The molecule has 8 heteroatoms. The Morgan fingerprint density at radius 1 is 1.06 bits per heavy atom. The molecule has 3 rings (SSSR count). The number of rotatable bonds is 9. The van der Waals surface area contributed by atoms with Crippen molar-refractivity contribution in [1.29, 1.82) is 0 Å². The van der Waals surface area contributed by atoms with Gasteiger partial charge in [-0.3, -0.25) is 4.79 Å². The normalized spacial score (nSPS) is 15.7. The van der Waals surface area contributed by atoms with Crippen LogP contribution in [0.1, 0.15) is 37.3 Å². The van der Waals surface area contributed by atoms with Crippen molar-refractivity contribution in [2.45, 2.75) is 51.0 Å². The molecule has 1 unspecified atom stereocenters. The first-order chi connectivity index (χ1) is 15.3. The first kappa shape index (κ1) is 24.1. The van der Waals surface area contributed by atoms with Gasteiger partial charge in [0.1, 0.15) is 18.1 Å². The Balaban J connectivity index is 1.44. The largest absolute Gasteiger partial charge is 0.492 e. The lowest BCUT2D eigenvalue weighted by Gasteiger charge is -2.25. The Morgan fingerprint density at radius 2 is 1.75 bits per heavy atom. The van der Waals surface area contributed by atoms with Crippen LogP contribution < -0.4 is 14.8 Å². The first-order valence-corrected chi connectivity index (χ1v) is 12.5. The molecule has 1 aliphatic rings. The van der Waals surface area contributed by atoms with Crippen molar-refractivity contribution in [2.75, 3.05) is 26.2 Å². The van der Waals surface area contributed by atoms with E-state index >= 15 is 0 Å². The maximum atomic E-state index is 12.7. The van der Waals surface area contributed by atoms with Gasteiger partial charge < -0.3 is 14.8 Å². The fourth-order valence-corrected chi connectivity index (χ4v) is 5.04. The van der Waals surface area contributed by atoms with Gasteiger partial charge in [-0.1, -0.05) is 18.6 Å². The van der Waals surface area contributed by atoms with Gasteiger partial charge in [-0.25, -0.2) is 8.42 Å². The molecule has 2 aromatic carbocycles. The van der Waals surface area contributed by atoms with E-state index < -0.39 is 16.1 Å². The molecule has 0 saturated carbocycles. The third-order valence-corrected chi connectivity index (χ3v) is 7.38. The van der Waals surface area contributed by atoms with Crippen molar-refractivity contribution in [3.8, 4) is 11.5 Å². The van der Waals surface area contributed by atoms with Crippen molar-refractivity contribution in [3.05, 3.63) is 53.6 Å². The molecule has 0 radical (unpaired) electrons. The quantitative estimate of drug-likeness (QED) is 0.580. The minimum atomic E-state index is -3.45. The van der Waals surface area contributed by atoms with E-state index in [0.717, 1.165) is 30.4 Å². The zero-order valence-corrected chi connectivity index (χ0v) is 19.8. The van der Waals surface area contributed by atoms with Crippen molar-refractivity contribution < 1.29 is 22.7 Å². The van der Waals surface area contributed by atoms with Gasteiger partial charge in [-0.15, -0.1) is 0 Å². The molecule has 1 heterocycles. The fraction of sp³-hybridized carbons (Fsp3) is 0.458. The summed E-state index contributed by atoms with van der Waals surface area (Å²) in [5.74, 6) is 1.03. The second kappa shape index (κ2) is 10.8. The van der Waals surface area contributed by atoms with Crippen LogP contribution in [0.25, 0.3) is 0 Å². The number of nitrogens with one attached hydrogen (secondary N) is 1. The summed E-state index contributed by atoms with van der Waals surface area (Å²) in [6.07, 6.45) is 2.25. The lowest BCUT2D eigenvalue weighted by atomic mass is 10.1. The van der Waals surface area contributed by atoms with E-state index in [1.807, 2.05) is 32.0 Å². The Hall–Kier alpha value is -2.58. The highest BCUT2D eigenvalue weighted by Crippen LogP contribution is 2.23. The zero-order chi connectivity index (χ0) is 23.1. The maximum Gasteiger partial charge on any atom is 0.260 e. The highest BCUT2D eigenvalue weighted by Gasteiger charge is 2.25. The molecular weight excluding hydrogens is 428 g/mol. The number of hydrogen-bond donors (Lipinski definition) is 1. The van der Waals surface area contributed by atoms with Crippen LogP contribution in [0.5, 0.6) is 11.5 Å². The number of nitrogens with zero attached hydrogens (tertiary/aromatic N) is 1. The topological polar surface area (TPSA) is 84.9 Å². The molecule has 1 atom stereocenters. The van der Waals surface area contributed by atoms with E-state index in [0.29, 0.717) is 31.1 Å². The molecular formula is C24H32N2O5S. The number of carbonyl (C=O) groups excluding carboxylic acids is 1. The molecule has 174 valence electrons. The van der Waals surface area contributed by atoms with Crippen LogP contribution in [0.2, 0.25) is 0 Å². The van der Waals surface area contributed by atoms with Gasteiger partial charge in [0.05, 0.1) is 11.4 Å². The number of piperidine rings is 1. The highest BCUT2D eigenvalue weighted by atomic mass is 32.2. The minimum absolute atomic E-state index is 0.225. The van der Waals surface area contributed by atoms with E-state index in [-0.39, 0.29) is 17.4 Å². The zero-order valence-electron chi connectivity index (χ0n) is 19.0. The summed E-state index contributed by atoms with van der Waals surface area (Å²) >= 11 is 0. The molecule has 1 N–H and O–H groups in total. The molecule has 0 aromatic heterocycles. The summed E-state index contributed by atoms with van der Waals surface area (Å²) in [6, 6.07) is 12.3. The molecule has 1 aliphatic heterocycles. The number of sulfonamides is 1. The number of hydrogen-bond acceptors (Lipinski definition) is 5. The Bertz CT molecular complexity index is 1020. The predicted molar refractivity (Wildman–Crippen MR) is 124 cm³/mol. The SMILES string of the molecule is Cc1ccc(C)c(OC(C)C(=O)NCCOc2ccc(S(=O)(=O)N3CCCCC3)cc2)c1. The molecule has 32 heavy (non-hydrogen) atoms. The van der Waals surface area contributed by atoms with Crippen LogP contribution in [0.4, 0.5) is 0 Å². The van der Waals surface area contributed by atoms with Gasteiger partial charge >= 0.3 is 0 Å². The van der Waals surface area contributed by atoms with E-state index in [4.69, 9.17) is 9.47 Å². The van der Waals surface area contributed by atoms with E-state index in [9.17, 15) is 13.2 Å². The van der Waals surface area contributed by atoms with Crippen LogP contribution in [-0.4, -0.2) is 51.0 Å². The van der Waals surface area contributed by atoms with Gasteiger partial charge in [-0.05, 0) is 75.1 Å². The fourth-order valence-electron chi connectivity index (χ4n) is 3.53. The van der Waals surface area contributed by atoms with Crippen LogP contribution in [0.15, 0.2) is 47.4 Å². The Kier molecular flexibility index (Phi) is 8.15. The summed E-state index contributed by atoms with van der Waals surface area (Å²) in [5, 5.41) is 2.79. The van der Waals surface area contributed by atoms with Crippen LogP contribution in [0.3, 0.4) is 0 Å². The number of amides is 1. The van der Waals surface area contributed by atoms with Gasteiger partial charge in [-0.2, -0.15) is 4.31 Å². The second-order valence-electron chi connectivity index (χ2n) is 8.10. The molecule has 1 fully saturated rings. The standard InChI is InChI=1S/C24H32N2O5S/c1-18-7-8-19(2)23(17-18)31-20(3)24(27)25-13-16-30-21-9-11-22(12-10-21)32(28,29)26-14-5-4-6-15-26/h7-12,17,20H,4-6,13-16H2,1-3H3,(H,25,27). The molecule has 0 spiro atoms. The summed E-state index contributed by atoms with van der Waals surface area (Å²) in [6.45, 7) is 7.35. The van der Waals surface area contributed by atoms with Crippen LogP contribution >= 0.6 is 0 Å². The number of aryl methyl sites for hydroxylation is 2. The summed E-state index contributed by atoms with van der Waals surface area (Å²) in [5.41, 5.74) is 2.05. The number of benzene rings is 2. The lowest BCUT2D eigenvalue weighted by molar-refractivity contribution is -0.127. The lowest BCUT2D eigenvalue weighted by Crippen LogP contribution is -2.38. The number of ether oxygens (including phenoxy) is 2. The average molecular weight is 461 g/mol. The first-order valence-electron chi connectivity index (χ1n) is 11.0. The van der Waals surface area contributed by atoms with Crippen molar-refractivity contribution >= 4 is 15.9 Å². The highest BCUT2D eigenvalue weighted by molar-refractivity contribution is 7.89. The Morgan fingerprint density at radius 3 is 2.44 bits per heavy atom. The third-order valence-electron chi connectivity index (χ3n) is 5.46.